The highest BCUT2D eigenvalue weighted by atomic mass is 32.2. The zero-order valence-corrected chi connectivity index (χ0v) is 8.50. The van der Waals surface area contributed by atoms with Crippen LogP contribution in [0.3, 0.4) is 0 Å². The molecule has 4 nitrogen and oxygen atoms in total. The van der Waals surface area contributed by atoms with Crippen molar-refractivity contribution in [1.29, 1.82) is 0 Å². The molecule has 1 aliphatic rings. The summed E-state index contributed by atoms with van der Waals surface area (Å²) in [7, 11) is -3.03. The van der Waals surface area contributed by atoms with E-state index >= 15 is 0 Å². The summed E-state index contributed by atoms with van der Waals surface area (Å²) in [6, 6.07) is 0. The summed E-state index contributed by atoms with van der Waals surface area (Å²) >= 11 is 0. The van der Waals surface area contributed by atoms with E-state index in [4.69, 9.17) is 5.11 Å². The Hall–Kier alpha value is -0.130. The predicted molar refractivity (Wildman–Crippen MR) is 49.1 cm³/mol. The maximum Gasteiger partial charge on any atom is 0.152 e. The van der Waals surface area contributed by atoms with Crippen LogP contribution in [0, 0.1) is 5.92 Å². The maximum atomic E-state index is 11.1. The first-order valence-corrected chi connectivity index (χ1v) is 6.29. The Morgan fingerprint density at radius 1 is 1.54 bits per heavy atom. The van der Waals surface area contributed by atoms with Gasteiger partial charge in [-0.25, -0.2) is 8.42 Å². The summed E-state index contributed by atoms with van der Waals surface area (Å²) < 4.78 is 22.1. The number of sulfone groups is 1. The zero-order valence-electron chi connectivity index (χ0n) is 7.68. The second-order valence-corrected chi connectivity index (χ2v) is 6.04. The summed E-state index contributed by atoms with van der Waals surface area (Å²) in [4.78, 5) is 0. The van der Waals surface area contributed by atoms with Gasteiger partial charge in [-0.05, 0) is 25.7 Å². The van der Waals surface area contributed by atoms with Gasteiger partial charge in [-0.15, -0.1) is 0 Å². The third kappa shape index (κ3) is 3.25. The number of aliphatic hydroxyl groups excluding tert-OH is 2. The van der Waals surface area contributed by atoms with E-state index in [1.165, 1.54) is 0 Å². The van der Waals surface area contributed by atoms with Gasteiger partial charge in [-0.1, -0.05) is 0 Å². The molecule has 0 radical (unpaired) electrons. The van der Waals surface area contributed by atoms with Crippen LogP contribution in [0.15, 0.2) is 0 Å². The standard InChI is InChI=1S/C8H16O4S/c1-6(9)4-7-2-3-13(11,12)5-8(7)10/h6-10H,2-5H2,1H3. The monoisotopic (exact) mass is 208 g/mol. The fourth-order valence-corrected chi connectivity index (χ4v) is 3.34. The van der Waals surface area contributed by atoms with Crippen molar-refractivity contribution in [2.75, 3.05) is 11.5 Å². The lowest BCUT2D eigenvalue weighted by atomic mass is 9.94. The minimum Gasteiger partial charge on any atom is -0.393 e. The van der Waals surface area contributed by atoms with Crippen molar-refractivity contribution >= 4 is 9.84 Å². The average Bonchev–Trinajstić information content (AvgIpc) is 1.93. The fourth-order valence-electron chi connectivity index (χ4n) is 1.72. The van der Waals surface area contributed by atoms with Gasteiger partial charge < -0.3 is 10.2 Å². The Bertz CT molecular complexity index is 257. The molecule has 13 heavy (non-hydrogen) atoms. The zero-order chi connectivity index (χ0) is 10.1. The van der Waals surface area contributed by atoms with Crippen molar-refractivity contribution in [3.05, 3.63) is 0 Å². The van der Waals surface area contributed by atoms with Gasteiger partial charge in [0.05, 0.1) is 23.7 Å². The molecule has 3 atom stereocenters. The first kappa shape index (κ1) is 10.9. The topological polar surface area (TPSA) is 74.6 Å². The van der Waals surface area contributed by atoms with Gasteiger partial charge >= 0.3 is 0 Å². The first-order chi connectivity index (χ1) is 5.91. The molecule has 0 aliphatic carbocycles. The lowest BCUT2D eigenvalue weighted by Crippen LogP contribution is -2.38. The quantitative estimate of drug-likeness (QED) is 0.644. The van der Waals surface area contributed by atoms with E-state index in [1.54, 1.807) is 6.92 Å². The molecule has 0 saturated carbocycles. The van der Waals surface area contributed by atoms with Crippen molar-refractivity contribution in [1.82, 2.24) is 0 Å². The van der Waals surface area contributed by atoms with E-state index in [0.717, 1.165) is 0 Å². The molecule has 0 amide bonds. The molecule has 0 aromatic heterocycles. The normalized spacial score (nSPS) is 35.6. The van der Waals surface area contributed by atoms with Crippen molar-refractivity contribution in [2.45, 2.75) is 32.0 Å². The minimum absolute atomic E-state index is 0.0662. The van der Waals surface area contributed by atoms with E-state index in [1.807, 2.05) is 0 Å². The molecule has 3 unspecified atom stereocenters. The Balaban J connectivity index is 2.54. The number of hydrogen-bond acceptors (Lipinski definition) is 4. The summed E-state index contributed by atoms with van der Waals surface area (Å²) in [5, 5.41) is 18.6. The Morgan fingerprint density at radius 3 is 2.62 bits per heavy atom. The first-order valence-electron chi connectivity index (χ1n) is 4.47. The second kappa shape index (κ2) is 3.94. The molecule has 0 spiro atoms. The summed E-state index contributed by atoms with van der Waals surface area (Å²) in [6.45, 7) is 1.65. The Kier molecular flexibility index (Phi) is 3.32. The SMILES string of the molecule is CC(O)CC1CCS(=O)(=O)CC1O. The average molecular weight is 208 g/mol. The maximum absolute atomic E-state index is 11.1. The number of hydrogen-bond donors (Lipinski definition) is 2. The van der Waals surface area contributed by atoms with Gasteiger partial charge in [0.1, 0.15) is 0 Å². The molecule has 0 bridgehead atoms. The molecule has 5 heteroatoms. The van der Waals surface area contributed by atoms with Crippen molar-refractivity contribution in [2.24, 2.45) is 5.92 Å². The highest BCUT2D eigenvalue weighted by Gasteiger charge is 2.32. The molecule has 2 N–H and O–H groups in total. The highest BCUT2D eigenvalue weighted by Crippen LogP contribution is 2.23. The van der Waals surface area contributed by atoms with Crippen LogP contribution in [-0.4, -0.2) is 42.3 Å². The van der Waals surface area contributed by atoms with E-state index in [-0.39, 0.29) is 17.4 Å². The summed E-state index contributed by atoms with van der Waals surface area (Å²) in [5.41, 5.74) is 0. The number of rotatable bonds is 2. The Morgan fingerprint density at radius 2 is 2.15 bits per heavy atom. The minimum atomic E-state index is -3.03. The lowest BCUT2D eigenvalue weighted by Gasteiger charge is -2.28. The molecule has 78 valence electrons. The van der Waals surface area contributed by atoms with Crippen LogP contribution in [0.1, 0.15) is 19.8 Å². The van der Waals surface area contributed by atoms with E-state index in [9.17, 15) is 13.5 Å². The van der Waals surface area contributed by atoms with Crippen LogP contribution in [0.4, 0.5) is 0 Å². The molecule has 1 fully saturated rings. The van der Waals surface area contributed by atoms with Crippen LogP contribution >= 0.6 is 0 Å². The molecular formula is C8H16O4S. The lowest BCUT2D eigenvalue weighted by molar-refractivity contribution is 0.0750. The van der Waals surface area contributed by atoms with Gasteiger partial charge in [0.2, 0.25) is 0 Å². The Labute approximate surface area is 78.5 Å². The predicted octanol–water partition coefficient (Wildman–Crippen LogP) is -0.447. The smallest absolute Gasteiger partial charge is 0.152 e. The van der Waals surface area contributed by atoms with Crippen molar-refractivity contribution < 1.29 is 18.6 Å². The molecule has 1 saturated heterocycles. The fraction of sp³-hybridized carbons (Fsp3) is 1.00. The third-order valence-electron chi connectivity index (χ3n) is 2.41. The molecular weight excluding hydrogens is 192 g/mol. The number of aliphatic hydroxyl groups is 2. The van der Waals surface area contributed by atoms with Crippen LogP contribution in [-0.2, 0) is 9.84 Å². The van der Waals surface area contributed by atoms with E-state index < -0.39 is 22.0 Å². The van der Waals surface area contributed by atoms with Crippen LogP contribution < -0.4 is 0 Å². The molecule has 1 rings (SSSR count). The van der Waals surface area contributed by atoms with Crippen LogP contribution in [0.2, 0.25) is 0 Å². The van der Waals surface area contributed by atoms with Gasteiger partial charge in [-0.3, -0.25) is 0 Å². The molecule has 1 heterocycles. The van der Waals surface area contributed by atoms with Crippen LogP contribution in [0.5, 0.6) is 0 Å². The molecule has 0 aromatic rings. The summed E-state index contributed by atoms with van der Waals surface area (Å²) in [6.07, 6.45) is -0.320. The van der Waals surface area contributed by atoms with Crippen molar-refractivity contribution in [3.8, 4) is 0 Å². The largest absolute Gasteiger partial charge is 0.393 e. The van der Waals surface area contributed by atoms with Gasteiger partial charge in [0.15, 0.2) is 9.84 Å². The van der Waals surface area contributed by atoms with Gasteiger partial charge in [0, 0.05) is 0 Å². The third-order valence-corrected chi connectivity index (χ3v) is 4.12. The van der Waals surface area contributed by atoms with Crippen molar-refractivity contribution in [3.63, 3.8) is 0 Å². The molecule has 0 aromatic carbocycles. The molecule has 1 aliphatic heterocycles. The van der Waals surface area contributed by atoms with E-state index in [2.05, 4.69) is 0 Å². The second-order valence-electron chi connectivity index (χ2n) is 3.82. The highest BCUT2D eigenvalue weighted by molar-refractivity contribution is 7.91. The van der Waals surface area contributed by atoms with Gasteiger partial charge in [-0.2, -0.15) is 0 Å². The van der Waals surface area contributed by atoms with E-state index in [0.29, 0.717) is 12.8 Å². The van der Waals surface area contributed by atoms with Gasteiger partial charge in [0.25, 0.3) is 0 Å². The summed E-state index contributed by atoms with van der Waals surface area (Å²) in [5.74, 6) is -0.0743. The van der Waals surface area contributed by atoms with Crippen LogP contribution in [0.25, 0.3) is 0 Å².